The number of rotatable bonds is 3. The SMILES string of the molecule is Cc1cc(-n2cccc2)cc2nc(Cc3ccccc3)oc12. The highest BCUT2D eigenvalue weighted by atomic mass is 16.3. The molecule has 0 atom stereocenters. The Kier molecular flexibility index (Phi) is 3.04. The van der Waals surface area contributed by atoms with Crippen molar-refractivity contribution in [3.63, 3.8) is 0 Å². The van der Waals surface area contributed by atoms with E-state index in [1.807, 2.05) is 42.7 Å². The van der Waals surface area contributed by atoms with Crippen LogP contribution >= 0.6 is 0 Å². The molecule has 0 aliphatic rings. The van der Waals surface area contributed by atoms with Crippen LogP contribution in [0.1, 0.15) is 17.0 Å². The van der Waals surface area contributed by atoms with Crippen LogP contribution in [0.15, 0.2) is 71.4 Å². The van der Waals surface area contributed by atoms with Crippen molar-refractivity contribution in [2.24, 2.45) is 0 Å². The molecule has 0 aliphatic heterocycles. The third kappa shape index (κ3) is 2.31. The molecule has 0 saturated heterocycles. The van der Waals surface area contributed by atoms with Crippen LogP contribution in [0, 0.1) is 6.92 Å². The predicted molar refractivity (Wildman–Crippen MR) is 87.3 cm³/mol. The van der Waals surface area contributed by atoms with Crippen LogP contribution in [0.4, 0.5) is 0 Å². The lowest BCUT2D eigenvalue weighted by Gasteiger charge is -2.03. The summed E-state index contributed by atoms with van der Waals surface area (Å²) in [5.74, 6) is 0.758. The van der Waals surface area contributed by atoms with Crippen LogP contribution in [-0.4, -0.2) is 9.55 Å². The molecule has 0 aliphatic carbocycles. The molecule has 2 aromatic heterocycles. The lowest BCUT2D eigenvalue weighted by Crippen LogP contribution is -1.90. The number of aromatic nitrogens is 2. The van der Waals surface area contributed by atoms with Gasteiger partial charge in [0.05, 0.1) is 0 Å². The summed E-state index contributed by atoms with van der Waals surface area (Å²) in [5.41, 5.74) is 5.20. The van der Waals surface area contributed by atoms with Crippen molar-refractivity contribution in [2.45, 2.75) is 13.3 Å². The molecule has 0 amide bonds. The molecule has 0 N–H and O–H groups in total. The van der Waals surface area contributed by atoms with Crippen molar-refractivity contribution < 1.29 is 4.42 Å². The zero-order chi connectivity index (χ0) is 14.9. The summed E-state index contributed by atoms with van der Waals surface area (Å²) in [6.45, 7) is 2.06. The van der Waals surface area contributed by atoms with Crippen molar-refractivity contribution in [2.75, 3.05) is 0 Å². The van der Waals surface area contributed by atoms with Gasteiger partial charge in [-0.3, -0.25) is 0 Å². The van der Waals surface area contributed by atoms with E-state index in [4.69, 9.17) is 4.42 Å². The number of fused-ring (bicyclic) bond motifs is 1. The molecule has 2 heterocycles. The van der Waals surface area contributed by atoms with Crippen LogP contribution < -0.4 is 0 Å². The Morgan fingerprint density at radius 3 is 2.55 bits per heavy atom. The molecule has 0 radical (unpaired) electrons. The Balaban J connectivity index is 1.76. The lowest BCUT2D eigenvalue weighted by molar-refractivity contribution is 0.542. The van der Waals surface area contributed by atoms with Gasteiger partial charge in [0, 0.05) is 24.5 Å². The number of oxazole rings is 1. The van der Waals surface area contributed by atoms with E-state index in [0.717, 1.165) is 28.2 Å². The molecule has 0 fully saturated rings. The van der Waals surface area contributed by atoms with Gasteiger partial charge in [-0.25, -0.2) is 4.98 Å². The first-order chi connectivity index (χ1) is 10.8. The van der Waals surface area contributed by atoms with Gasteiger partial charge in [-0.1, -0.05) is 30.3 Å². The summed E-state index contributed by atoms with van der Waals surface area (Å²) in [7, 11) is 0. The van der Waals surface area contributed by atoms with Gasteiger partial charge in [0.25, 0.3) is 0 Å². The molecule has 4 rings (SSSR count). The summed E-state index contributed by atoms with van der Waals surface area (Å²) in [6, 6.07) is 18.5. The van der Waals surface area contributed by atoms with Gasteiger partial charge >= 0.3 is 0 Å². The van der Waals surface area contributed by atoms with E-state index < -0.39 is 0 Å². The molecule has 0 unspecified atom stereocenters. The Morgan fingerprint density at radius 2 is 1.77 bits per heavy atom. The maximum absolute atomic E-state index is 5.95. The third-order valence-corrected chi connectivity index (χ3v) is 3.81. The molecule has 3 heteroatoms. The highest BCUT2D eigenvalue weighted by Crippen LogP contribution is 2.24. The second-order valence-corrected chi connectivity index (χ2v) is 5.47. The van der Waals surface area contributed by atoms with E-state index in [-0.39, 0.29) is 0 Å². The highest BCUT2D eigenvalue weighted by molar-refractivity contribution is 5.79. The average molecular weight is 288 g/mol. The average Bonchev–Trinajstić information content (AvgIpc) is 3.17. The standard InChI is InChI=1S/C19H16N2O/c1-14-11-16(21-9-5-6-10-21)13-17-19(14)22-18(20-17)12-15-7-3-2-4-8-15/h2-11,13H,12H2,1H3. The van der Waals surface area contributed by atoms with E-state index in [1.165, 1.54) is 5.56 Å². The fourth-order valence-corrected chi connectivity index (χ4v) is 2.73. The van der Waals surface area contributed by atoms with Gasteiger partial charge in [-0.05, 0) is 42.3 Å². The minimum atomic E-state index is 0.716. The number of benzene rings is 2. The molecule has 0 saturated carbocycles. The Labute approximate surface area is 128 Å². The van der Waals surface area contributed by atoms with E-state index in [9.17, 15) is 0 Å². The largest absolute Gasteiger partial charge is 0.440 e. The smallest absolute Gasteiger partial charge is 0.199 e. The van der Waals surface area contributed by atoms with Crippen LogP contribution in [0.25, 0.3) is 16.8 Å². The lowest BCUT2D eigenvalue weighted by atomic mass is 10.1. The Bertz CT molecular complexity index is 905. The van der Waals surface area contributed by atoms with Crippen molar-refractivity contribution >= 4 is 11.1 Å². The molecule has 2 aromatic carbocycles. The van der Waals surface area contributed by atoms with Crippen LogP contribution in [-0.2, 0) is 6.42 Å². The molecular weight excluding hydrogens is 272 g/mol. The normalized spacial score (nSPS) is 11.1. The van der Waals surface area contributed by atoms with Crippen LogP contribution in [0.2, 0.25) is 0 Å². The van der Waals surface area contributed by atoms with Crippen molar-refractivity contribution in [3.05, 3.63) is 84.0 Å². The summed E-state index contributed by atoms with van der Waals surface area (Å²) < 4.78 is 8.04. The first-order valence-electron chi connectivity index (χ1n) is 7.37. The molecule has 22 heavy (non-hydrogen) atoms. The Hall–Kier alpha value is -2.81. The highest BCUT2D eigenvalue weighted by Gasteiger charge is 2.11. The van der Waals surface area contributed by atoms with E-state index in [1.54, 1.807) is 0 Å². The molecule has 0 bridgehead atoms. The van der Waals surface area contributed by atoms with Gasteiger partial charge in [0.15, 0.2) is 11.5 Å². The van der Waals surface area contributed by atoms with Gasteiger partial charge in [0.1, 0.15) is 5.52 Å². The topological polar surface area (TPSA) is 31.0 Å². The maximum atomic E-state index is 5.95. The summed E-state index contributed by atoms with van der Waals surface area (Å²) in [6.07, 6.45) is 4.78. The van der Waals surface area contributed by atoms with Crippen molar-refractivity contribution in [3.8, 4) is 5.69 Å². The minimum Gasteiger partial charge on any atom is -0.440 e. The molecular formula is C19H16N2O. The number of hydrogen-bond acceptors (Lipinski definition) is 2. The first-order valence-corrected chi connectivity index (χ1v) is 7.37. The summed E-state index contributed by atoms with van der Waals surface area (Å²) in [4.78, 5) is 4.66. The van der Waals surface area contributed by atoms with Crippen molar-refractivity contribution in [1.82, 2.24) is 9.55 Å². The quantitative estimate of drug-likeness (QED) is 0.555. The molecule has 0 spiro atoms. The van der Waals surface area contributed by atoms with Crippen molar-refractivity contribution in [1.29, 1.82) is 0 Å². The first kappa shape index (κ1) is 12.9. The number of hydrogen-bond donors (Lipinski definition) is 0. The predicted octanol–water partition coefficient (Wildman–Crippen LogP) is 4.52. The minimum absolute atomic E-state index is 0.716. The fourth-order valence-electron chi connectivity index (χ4n) is 2.73. The van der Waals surface area contributed by atoms with E-state index in [0.29, 0.717) is 6.42 Å². The third-order valence-electron chi connectivity index (χ3n) is 3.81. The van der Waals surface area contributed by atoms with Crippen LogP contribution in [0.3, 0.4) is 0 Å². The second kappa shape index (κ2) is 5.19. The van der Waals surface area contributed by atoms with Gasteiger partial charge in [-0.15, -0.1) is 0 Å². The van der Waals surface area contributed by atoms with E-state index in [2.05, 4.69) is 40.7 Å². The molecule has 3 nitrogen and oxygen atoms in total. The van der Waals surface area contributed by atoms with Gasteiger partial charge in [0.2, 0.25) is 0 Å². The molecule has 108 valence electrons. The van der Waals surface area contributed by atoms with Crippen LogP contribution in [0.5, 0.6) is 0 Å². The monoisotopic (exact) mass is 288 g/mol. The molecule has 4 aromatic rings. The van der Waals surface area contributed by atoms with Gasteiger partial charge < -0.3 is 8.98 Å². The van der Waals surface area contributed by atoms with E-state index >= 15 is 0 Å². The summed E-state index contributed by atoms with van der Waals surface area (Å²) in [5, 5.41) is 0. The number of aryl methyl sites for hydroxylation is 1. The zero-order valence-corrected chi connectivity index (χ0v) is 12.4. The number of nitrogens with zero attached hydrogens (tertiary/aromatic N) is 2. The second-order valence-electron chi connectivity index (χ2n) is 5.47. The Morgan fingerprint density at radius 1 is 1.00 bits per heavy atom. The maximum Gasteiger partial charge on any atom is 0.199 e. The van der Waals surface area contributed by atoms with Gasteiger partial charge in [-0.2, -0.15) is 0 Å². The zero-order valence-electron chi connectivity index (χ0n) is 12.4. The fraction of sp³-hybridized carbons (Fsp3) is 0.105. The summed E-state index contributed by atoms with van der Waals surface area (Å²) >= 11 is 0.